The number of benzene rings is 1. The van der Waals surface area contributed by atoms with E-state index >= 15 is 0 Å². The Balaban J connectivity index is 2.35. The van der Waals surface area contributed by atoms with Crippen molar-refractivity contribution < 1.29 is 27.6 Å². The van der Waals surface area contributed by atoms with Crippen molar-refractivity contribution in [2.75, 3.05) is 7.11 Å². The lowest BCUT2D eigenvalue weighted by molar-refractivity contribution is -0.133. The predicted molar refractivity (Wildman–Crippen MR) is 90.5 cm³/mol. The highest BCUT2D eigenvalue weighted by atomic mass is 19.1. The van der Waals surface area contributed by atoms with Crippen LogP contribution in [-0.4, -0.2) is 31.4 Å². The third-order valence-electron chi connectivity index (χ3n) is 4.27. The molecule has 1 saturated heterocycles. The van der Waals surface area contributed by atoms with E-state index in [4.69, 9.17) is 9.31 Å². The molecule has 0 N–H and O–H groups in total. The van der Waals surface area contributed by atoms with E-state index in [0.717, 1.165) is 12.1 Å². The first-order valence-corrected chi connectivity index (χ1v) is 7.68. The molecule has 0 unspecified atom stereocenters. The summed E-state index contributed by atoms with van der Waals surface area (Å²) in [5.74, 6) is 3.46. The molecule has 0 aromatic heterocycles. The number of rotatable bonds is 2. The zero-order valence-corrected chi connectivity index (χ0v) is 14.8. The lowest BCUT2D eigenvalue weighted by atomic mass is 9.86. The first-order chi connectivity index (χ1) is 11.6. The number of hydrogen-bond acceptors (Lipinski definition) is 4. The van der Waals surface area contributed by atoms with Gasteiger partial charge >= 0.3 is 13.1 Å². The average molecular weight is 348 g/mol. The van der Waals surface area contributed by atoms with Crippen LogP contribution in [-0.2, 0) is 18.8 Å². The molecule has 7 heteroatoms. The minimum atomic E-state index is -1.20. The van der Waals surface area contributed by atoms with Crippen molar-refractivity contribution in [2.24, 2.45) is 0 Å². The van der Waals surface area contributed by atoms with E-state index in [1.807, 2.05) is 0 Å². The number of hydrogen-bond donors (Lipinski definition) is 0. The van der Waals surface area contributed by atoms with Crippen LogP contribution in [0.25, 0.3) is 6.08 Å². The summed E-state index contributed by atoms with van der Waals surface area (Å²) in [5, 5.41) is 0. The lowest BCUT2D eigenvalue weighted by Gasteiger charge is -2.32. The second-order valence-electron chi connectivity index (χ2n) is 6.59. The van der Waals surface area contributed by atoms with E-state index in [2.05, 4.69) is 16.6 Å². The Labute approximate surface area is 146 Å². The quantitative estimate of drug-likeness (QED) is 0.467. The van der Waals surface area contributed by atoms with E-state index in [1.54, 1.807) is 27.7 Å². The van der Waals surface area contributed by atoms with Gasteiger partial charge in [0.2, 0.25) is 0 Å². The highest BCUT2D eigenvalue weighted by molar-refractivity contribution is 6.54. The second kappa shape index (κ2) is 6.99. The maximum atomic E-state index is 14.6. The molecule has 1 heterocycles. The molecule has 132 valence electrons. The van der Waals surface area contributed by atoms with Crippen LogP contribution in [0.5, 0.6) is 0 Å². The van der Waals surface area contributed by atoms with Crippen LogP contribution in [0.4, 0.5) is 8.78 Å². The fourth-order valence-electron chi connectivity index (χ4n) is 2.11. The number of ether oxygens (including phenoxy) is 1. The van der Waals surface area contributed by atoms with Crippen molar-refractivity contribution in [3.8, 4) is 11.8 Å². The molecular formula is C18H19BF2O4. The van der Waals surface area contributed by atoms with Gasteiger partial charge < -0.3 is 14.0 Å². The molecule has 1 aliphatic heterocycles. The summed E-state index contributed by atoms with van der Waals surface area (Å²) in [7, 11) is -0.00450. The maximum Gasteiger partial charge on any atom is 0.525 e. The Hall–Kier alpha value is -2.17. The van der Waals surface area contributed by atoms with Crippen molar-refractivity contribution in [3.05, 3.63) is 40.9 Å². The smallest absolute Gasteiger partial charge is 0.459 e. The molecule has 0 aliphatic carbocycles. The molecule has 1 aromatic carbocycles. The zero-order valence-electron chi connectivity index (χ0n) is 14.8. The summed E-state index contributed by atoms with van der Waals surface area (Å²) < 4.78 is 43.8. The van der Waals surface area contributed by atoms with Crippen molar-refractivity contribution in [1.82, 2.24) is 0 Å². The topological polar surface area (TPSA) is 44.8 Å². The van der Waals surface area contributed by atoms with Crippen LogP contribution >= 0.6 is 0 Å². The highest BCUT2D eigenvalue weighted by Gasteiger charge is 2.53. The first kappa shape index (κ1) is 19.2. The summed E-state index contributed by atoms with van der Waals surface area (Å²) in [5.41, 5.74) is -1.66. The molecule has 0 bridgehead atoms. The molecule has 2 rings (SSSR count). The van der Waals surface area contributed by atoms with Gasteiger partial charge in [-0.05, 0) is 57.5 Å². The standard InChI is InChI=1S/C18H19BF2O4/c1-17(2)18(3,4)25-19(24-17)15(21)11-13-10-14(20)8-6-12(13)7-9-16(22)23-5/h6,8,10-11H,1-5H3. The Morgan fingerprint density at radius 3 is 2.40 bits per heavy atom. The zero-order chi connectivity index (χ0) is 18.8. The molecule has 1 fully saturated rings. The van der Waals surface area contributed by atoms with Crippen LogP contribution in [0, 0.1) is 17.7 Å². The van der Waals surface area contributed by atoms with Crippen LogP contribution in [0.1, 0.15) is 38.8 Å². The molecule has 4 nitrogen and oxygen atoms in total. The van der Waals surface area contributed by atoms with Gasteiger partial charge in [0.15, 0.2) is 0 Å². The lowest BCUT2D eigenvalue weighted by Crippen LogP contribution is -2.41. The Morgan fingerprint density at radius 2 is 1.84 bits per heavy atom. The van der Waals surface area contributed by atoms with Crippen LogP contribution in [0.3, 0.4) is 0 Å². The van der Waals surface area contributed by atoms with Crippen LogP contribution in [0.15, 0.2) is 23.9 Å². The molecule has 1 aliphatic rings. The van der Waals surface area contributed by atoms with Gasteiger partial charge in [0.1, 0.15) is 11.5 Å². The van der Waals surface area contributed by atoms with Crippen molar-refractivity contribution >= 4 is 19.2 Å². The second-order valence-corrected chi connectivity index (χ2v) is 6.59. The Morgan fingerprint density at radius 1 is 1.24 bits per heavy atom. The van der Waals surface area contributed by atoms with Crippen LogP contribution in [0.2, 0.25) is 0 Å². The molecular weight excluding hydrogens is 329 g/mol. The number of carbonyl (C=O) groups is 1. The molecule has 0 atom stereocenters. The van der Waals surface area contributed by atoms with Gasteiger partial charge in [0.05, 0.1) is 18.3 Å². The van der Waals surface area contributed by atoms with Crippen LogP contribution < -0.4 is 0 Å². The monoisotopic (exact) mass is 348 g/mol. The molecule has 0 spiro atoms. The van der Waals surface area contributed by atoms with E-state index in [-0.39, 0.29) is 11.1 Å². The van der Waals surface area contributed by atoms with E-state index < -0.39 is 35.8 Å². The van der Waals surface area contributed by atoms with Gasteiger partial charge in [-0.1, -0.05) is 5.92 Å². The minimum absolute atomic E-state index is 0.170. The summed E-state index contributed by atoms with van der Waals surface area (Å²) in [6, 6.07) is 3.64. The van der Waals surface area contributed by atoms with E-state index in [0.29, 0.717) is 0 Å². The van der Waals surface area contributed by atoms with Crippen molar-refractivity contribution in [3.63, 3.8) is 0 Å². The van der Waals surface area contributed by atoms with Gasteiger partial charge in [-0.2, -0.15) is 0 Å². The maximum absolute atomic E-state index is 14.6. The summed E-state index contributed by atoms with van der Waals surface area (Å²) in [6.45, 7) is 7.21. The summed E-state index contributed by atoms with van der Waals surface area (Å²) in [4.78, 5) is 11.1. The van der Waals surface area contributed by atoms with E-state index in [9.17, 15) is 13.6 Å². The van der Waals surface area contributed by atoms with Gasteiger partial charge in [0.25, 0.3) is 0 Å². The average Bonchev–Trinajstić information content (AvgIpc) is 2.74. The Bertz CT molecular complexity index is 759. The van der Waals surface area contributed by atoms with Gasteiger partial charge in [-0.3, -0.25) is 0 Å². The Kier molecular flexibility index (Phi) is 5.35. The fourth-order valence-corrected chi connectivity index (χ4v) is 2.11. The highest BCUT2D eigenvalue weighted by Crippen LogP contribution is 2.39. The number of halogens is 2. The number of esters is 1. The molecule has 0 amide bonds. The van der Waals surface area contributed by atoms with Gasteiger partial charge in [0, 0.05) is 11.5 Å². The van der Waals surface area contributed by atoms with Crippen molar-refractivity contribution in [1.29, 1.82) is 0 Å². The minimum Gasteiger partial charge on any atom is -0.459 e. The van der Waals surface area contributed by atoms with E-state index in [1.165, 1.54) is 19.2 Å². The van der Waals surface area contributed by atoms with Crippen molar-refractivity contribution in [2.45, 2.75) is 38.9 Å². The SMILES string of the molecule is COC(=O)C#Cc1ccc(F)cc1C=C(F)B1OC(C)(C)C(C)(C)O1. The molecule has 25 heavy (non-hydrogen) atoms. The summed E-state index contributed by atoms with van der Waals surface area (Å²) >= 11 is 0. The van der Waals surface area contributed by atoms with Gasteiger partial charge in [-0.15, -0.1) is 0 Å². The number of methoxy groups -OCH3 is 1. The molecule has 0 saturated carbocycles. The largest absolute Gasteiger partial charge is 0.525 e. The number of carbonyl (C=O) groups excluding carboxylic acids is 1. The fraction of sp³-hybridized carbons (Fsp3) is 0.389. The van der Waals surface area contributed by atoms with Gasteiger partial charge in [-0.25, -0.2) is 13.6 Å². The molecule has 0 radical (unpaired) electrons. The third-order valence-corrected chi connectivity index (χ3v) is 4.27. The normalized spacial score (nSPS) is 18.5. The molecule has 1 aromatic rings. The third kappa shape index (κ3) is 4.27. The summed E-state index contributed by atoms with van der Waals surface area (Å²) in [6.07, 6.45) is 1.09. The predicted octanol–water partition coefficient (Wildman–Crippen LogP) is 3.29. The first-order valence-electron chi connectivity index (χ1n) is 7.68.